The van der Waals surface area contributed by atoms with Gasteiger partial charge < -0.3 is 11.1 Å². The van der Waals surface area contributed by atoms with Crippen molar-refractivity contribution >= 4 is 24.0 Å². The van der Waals surface area contributed by atoms with Gasteiger partial charge in [0.25, 0.3) is 0 Å². The van der Waals surface area contributed by atoms with E-state index >= 15 is 0 Å². The number of benzene rings is 1. The molecule has 1 aromatic carbocycles. The Labute approximate surface area is 116 Å². The molecular weight excluding hydrogens is 248 g/mol. The van der Waals surface area contributed by atoms with Crippen molar-refractivity contribution in [3.63, 3.8) is 0 Å². The van der Waals surface area contributed by atoms with Crippen molar-refractivity contribution in [2.45, 2.75) is 39.7 Å². The van der Waals surface area contributed by atoms with Gasteiger partial charge in [-0.1, -0.05) is 32.9 Å². The third-order valence-corrected chi connectivity index (χ3v) is 2.66. The van der Waals surface area contributed by atoms with E-state index in [-0.39, 0.29) is 18.3 Å². The third kappa shape index (κ3) is 5.52. The predicted octanol–water partition coefficient (Wildman–Crippen LogP) is 2.98. The Morgan fingerprint density at radius 2 is 2.06 bits per heavy atom. The van der Waals surface area contributed by atoms with Crippen molar-refractivity contribution < 1.29 is 4.79 Å². The number of nitrogens with one attached hydrogen (secondary N) is 1. The van der Waals surface area contributed by atoms with Crippen molar-refractivity contribution in [1.82, 2.24) is 0 Å². The maximum Gasteiger partial charge on any atom is 0.241 e. The zero-order valence-electron chi connectivity index (χ0n) is 11.3. The molecule has 18 heavy (non-hydrogen) atoms. The SMILES string of the molecule is CCc1cccc(NC(=O)[C@@H](N)CC(C)C)c1.Cl. The summed E-state index contributed by atoms with van der Waals surface area (Å²) in [6.07, 6.45) is 1.67. The first-order chi connectivity index (χ1) is 8.02. The normalized spacial score (nSPS) is 11.8. The molecular formula is C14H23ClN2O. The van der Waals surface area contributed by atoms with Crippen LogP contribution in [0.4, 0.5) is 5.69 Å². The molecule has 0 saturated carbocycles. The lowest BCUT2D eigenvalue weighted by molar-refractivity contribution is -0.117. The summed E-state index contributed by atoms with van der Waals surface area (Å²) in [6.45, 7) is 6.21. The predicted molar refractivity (Wildman–Crippen MR) is 79.1 cm³/mol. The van der Waals surface area contributed by atoms with Gasteiger partial charge in [-0.3, -0.25) is 4.79 Å². The Kier molecular flexibility index (Phi) is 7.64. The molecule has 0 bridgehead atoms. The number of amides is 1. The van der Waals surface area contributed by atoms with E-state index in [9.17, 15) is 4.79 Å². The minimum Gasteiger partial charge on any atom is -0.325 e. The smallest absolute Gasteiger partial charge is 0.241 e. The van der Waals surface area contributed by atoms with Crippen molar-refractivity contribution in [2.75, 3.05) is 5.32 Å². The van der Waals surface area contributed by atoms with E-state index in [1.807, 2.05) is 24.3 Å². The molecule has 0 unspecified atom stereocenters. The fourth-order valence-corrected chi connectivity index (χ4v) is 1.72. The molecule has 1 rings (SSSR count). The standard InChI is InChI=1S/C14H22N2O.ClH/c1-4-11-6-5-7-12(9-11)16-14(17)13(15)8-10(2)3;/h5-7,9-10,13H,4,8,15H2,1-3H3,(H,16,17);1H/t13-;/m0./s1. The summed E-state index contributed by atoms with van der Waals surface area (Å²) in [5.74, 6) is 0.324. The van der Waals surface area contributed by atoms with Gasteiger partial charge in [0, 0.05) is 5.69 Å². The molecule has 1 aromatic rings. The van der Waals surface area contributed by atoms with Crippen LogP contribution in [-0.2, 0) is 11.2 Å². The van der Waals surface area contributed by atoms with Crippen LogP contribution in [0.5, 0.6) is 0 Å². The van der Waals surface area contributed by atoms with E-state index in [0.29, 0.717) is 12.3 Å². The van der Waals surface area contributed by atoms with Crippen LogP contribution in [0.25, 0.3) is 0 Å². The lowest BCUT2D eigenvalue weighted by Crippen LogP contribution is -2.36. The Morgan fingerprint density at radius 1 is 1.39 bits per heavy atom. The minimum absolute atomic E-state index is 0. The molecule has 0 saturated heterocycles. The first-order valence-corrected chi connectivity index (χ1v) is 6.18. The van der Waals surface area contributed by atoms with Gasteiger partial charge in [-0.2, -0.15) is 0 Å². The van der Waals surface area contributed by atoms with Crippen LogP contribution < -0.4 is 11.1 Å². The molecule has 1 atom stereocenters. The van der Waals surface area contributed by atoms with Crippen LogP contribution in [0.15, 0.2) is 24.3 Å². The molecule has 0 aliphatic heterocycles. The van der Waals surface area contributed by atoms with Crippen LogP contribution in [0.2, 0.25) is 0 Å². The highest BCUT2D eigenvalue weighted by Gasteiger charge is 2.14. The summed E-state index contributed by atoms with van der Waals surface area (Å²) in [5.41, 5.74) is 7.86. The maximum atomic E-state index is 11.8. The van der Waals surface area contributed by atoms with Gasteiger partial charge in [0.05, 0.1) is 6.04 Å². The summed E-state index contributed by atoms with van der Waals surface area (Å²) in [4.78, 5) is 11.8. The number of aryl methyl sites for hydroxylation is 1. The van der Waals surface area contributed by atoms with Gasteiger partial charge in [-0.05, 0) is 36.5 Å². The molecule has 0 aromatic heterocycles. The zero-order valence-corrected chi connectivity index (χ0v) is 12.1. The molecule has 0 aliphatic carbocycles. The maximum absolute atomic E-state index is 11.8. The summed E-state index contributed by atoms with van der Waals surface area (Å²) < 4.78 is 0. The Morgan fingerprint density at radius 3 is 2.61 bits per heavy atom. The molecule has 0 aliphatic rings. The number of hydrogen-bond acceptors (Lipinski definition) is 2. The highest BCUT2D eigenvalue weighted by molar-refractivity contribution is 5.94. The fourth-order valence-electron chi connectivity index (χ4n) is 1.72. The second-order valence-electron chi connectivity index (χ2n) is 4.78. The number of halogens is 1. The molecule has 0 heterocycles. The summed E-state index contributed by atoms with van der Waals surface area (Å²) in [7, 11) is 0. The minimum atomic E-state index is -0.430. The third-order valence-electron chi connectivity index (χ3n) is 2.66. The van der Waals surface area contributed by atoms with Crippen LogP contribution in [0.1, 0.15) is 32.8 Å². The first kappa shape index (κ1) is 16.9. The largest absolute Gasteiger partial charge is 0.325 e. The quantitative estimate of drug-likeness (QED) is 0.864. The highest BCUT2D eigenvalue weighted by Crippen LogP contribution is 2.12. The number of anilines is 1. The topological polar surface area (TPSA) is 55.1 Å². The van der Waals surface area contributed by atoms with Gasteiger partial charge in [-0.15, -0.1) is 12.4 Å². The Balaban J connectivity index is 0.00000289. The highest BCUT2D eigenvalue weighted by atomic mass is 35.5. The lowest BCUT2D eigenvalue weighted by Gasteiger charge is -2.14. The summed E-state index contributed by atoms with van der Waals surface area (Å²) in [5, 5.41) is 2.86. The molecule has 0 fully saturated rings. The van der Waals surface area contributed by atoms with Gasteiger partial charge in [-0.25, -0.2) is 0 Å². The number of rotatable bonds is 5. The lowest BCUT2D eigenvalue weighted by atomic mass is 10.0. The number of carbonyl (C=O) groups excluding carboxylic acids is 1. The molecule has 1 amide bonds. The molecule has 3 N–H and O–H groups in total. The second-order valence-corrected chi connectivity index (χ2v) is 4.78. The summed E-state index contributed by atoms with van der Waals surface area (Å²) in [6, 6.07) is 7.44. The van der Waals surface area contributed by atoms with Gasteiger partial charge in [0.15, 0.2) is 0 Å². The zero-order chi connectivity index (χ0) is 12.8. The van der Waals surface area contributed by atoms with Gasteiger partial charge >= 0.3 is 0 Å². The number of hydrogen-bond donors (Lipinski definition) is 2. The van der Waals surface area contributed by atoms with E-state index in [4.69, 9.17) is 5.73 Å². The van der Waals surface area contributed by atoms with Crippen LogP contribution in [0.3, 0.4) is 0 Å². The van der Waals surface area contributed by atoms with E-state index in [2.05, 4.69) is 26.1 Å². The first-order valence-electron chi connectivity index (χ1n) is 6.18. The van der Waals surface area contributed by atoms with Crippen molar-refractivity contribution in [2.24, 2.45) is 11.7 Å². The van der Waals surface area contributed by atoms with E-state index in [1.165, 1.54) is 5.56 Å². The average Bonchev–Trinajstić information content (AvgIpc) is 2.28. The molecule has 0 spiro atoms. The van der Waals surface area contributed by atoms with Crippen molar-refractivity contribution in [1.29, 1.82) is 0 Å². The molecule has 4 heteroatoms. The van der Waals surface area contributed by atoms with E-state index < -0.39 is 6.04 Å². The van der Waals surface area contributed by atoms with Crippen LogP contribution in [-0.4, -0.2) is 11.9 Å². The average molecular weight is 271 g/mol. The second kappa shape index (κ2) is 8.11. The Hall–Kier alpha value is -1.06. The number of carbonyl (C=O) groups is 1. The Bertz CT molecular complexity index is 380. The fraction of sp³-hybridized carbons (Fsp3) is 0.500. The van der Waals surface area contributed by atoms with Crippen LogP contribution >= 0.6 is 12.4 Å². The van der Waals surface area contributed by atoms with Gasteiger partial charge in [0.1, 0.15) is 0 Å². The van der Waals surface area contributed by atoms with Gasteiger partial charge in [0.2, 0.25) is 5.91 Å². The van der Waals surface area contributed by atoms with Crippen molar-refractivity contribution in [3.8, 4) is 0 Å². The monoisotopic (exact) mass is 270 g/mol. The summed E-state index contributed by atoms with van der Waals surface area (Å²) >= 11 is 0. The van der Waals surface area contributed by atoms with Crippen molar-refractivity contribution in [3.05, 3.63) is 29.8 Å². The number of nitrogens with two attached hydrogens (primary N) is 1. The molecule has 102 valence electrons. The molecule has 0 radical (unpaired) electrons. The van der Waals surface area contributed by atoms with Crippen LogP contribution in [0, 0.1) is 5.92 Å². The van der Waals surface area contributed by atoms with E-state index in [0.717, 1.165) is 12.1 Å². The van der Waals surface area contributed by atoms with E-state index in [1.54, 1.807) is 0 Å². The molecule has 3 nitrogen and oxygen atoms in total.